The van der Waals surface area contributed by atoms with Gasteiger partial charge in [-0.25, -0.2) is 0 Å². The molecule has 12 fully saturated rings. The van der Waals surface area contributed by atoms with Gasteiger partial charge in [0.1, 0.15) is 0 Å². The van der Waals surface area contributed by atoms with Crippen molar-refractivity contribution in [1.29, 1.82) is 0 Å². The van der Waals surface area contributed by atoms with Crippen LogP contribution in [0, 0.1) is 118 Å². The molecule has 0 aromatic heterocycles. The summed E-state index contributed by atoms with van der Waals surface area (Å²) in [7, 11) is 0. The Morgan fingerprint density at radius 1 is 0.409 bits per heavy atom. The van der Waals surface area contributed by atoms with Crippen LogP contribution in [0.15, 0.2) is 0 Å². The van der Waals surface area contributed by atoms with Gasteiger partial charge in [-0.2, -0.15) is 0 Å². The molecule has 0 heterocycles. The van der Waals surface area contributed by atoms with E-state index in [4.69, 9.17) is 0 Å². The highest BCUT2D eigenvalue weighted by molar-refractivity contribution is 5.47. The van der Waals surface area contributed by atoms with Gasteiger partial charge in [-0.15, -0.1) is 0 Å². The van der Waals surface area contributed by atoms with E-state index >= 15 is 0 Å². The maximum Gasteiger partial charge on any atom is 0.0496 e. The molecule has 112 valence electrons. The first-order valence-corrected chi connectivity index (χ1v) is 10.5. The summed E-state index contributed by atoms with van der Waals surface area (Å²) in [5, 5.41) is 10.8. The number of aliphatic hydroxyl groups is 1. The molecule has 1 N–H and O–H groups in total. The lowest BCUT2D eigenvalue weighted by molar-refractivity contribution is 0.0163. The third-order valence-corrected chi connectivity index (χ3v) is 14.0. The molecule has 0 bridgehead atoms. The molecule has 12 aliphatic carbocycles. The van der Waals surface area contributed by atoms with Crippen LogP contribution in [0.1, 0.15) is 0 Å². The van der Waals surface area contributed by atoms with E-state index in [2.05, 4.69) is 0 Å². The lowest BCUT2D eigenvalue weighted by Gasteiger charge is -2.38. The van der Waals surface area contributed by atoms with Crippen molar-refractivity contribution in [2.75, 3.05) is 6.61 Å². The van der Waals surface area contributed by atoms with Gasteiger partial charge in [0.05, 0.1) is 0 Å². The van der Waals surface area contributed by atoms with Crippen LogP contribution >= 0.6 is 0 Å². The summed E-state index contributed by atoms with van der Waals surface area (Å²) in [5.41, 5.74) is 0.498. The molecular weight excluding hydrogens is 268 g/mol. The molecule has 1 heteroatoms. The van der Waals surface area contributed by atoms with E-state index in [9.17, 15) is 5.11 Å². The molecule has 0 radical (unpaired) electrons. The zero-order chi connectivity index (χ0) is 13.2. The number of hydrogen-bond donors (Lipinski definition) is 1. The second-order valence-corrected chi connectivity index (χ2v) is 12.1. The van der Waals surface area contributed by atoms with Crippen molar-refractivity contribution in [3.63, 3.8) is 0 Å². The van der Waals surface area contributed by atoms with Crippen molar-refractivity contribution in [3.8, 4) is 0 Å². The fourth-order valence-corrected chi connectivity index (χ4v) is 16.0. The molecule has 0 spiro atoms. The van der Waals surface area contributed by atoms with Crippen molar-refractivity contribution in [3.05, 3.63) is 0 Å². The number of hydrogen-bond acceptors (Lipinski definition) is 1. The standard InChI is InChI=1S/C21H22O/c22-1-21-18-12-6-3-2-4-8(6)14(18)16-10(4)11-5(2)9-7(3)13(12)19(21)15(9)17(11)20(16)21/h2-20,22H,1H2/t2?,3?,4?,5?,6-,7-,8-,9+,10+,11+,12-,13+,14+,15+,16+,17-,18?,19?,20?,21?/m0/s1. The van der Waals surface area contributed by atoms with E-state index in [1.807, 2.05) is 0 Å². The molecule has 0 aromatic rings. The van der Waals surface area contributed by atoms with Crippen molar-refractivity contribution >= 4 is 0 Å². The Bertz CT molecular complexity index is 626. The fourth-order valence-electron chi connectivity index (χ4n) is 16.0. The van der Waals surface area contributed by atoms with Crippen LogP contribution in [-0.4, -0.2) is 11.7 Å². The summed E-state index contributed by atoms with van der Waals surface area (Å²) >= 11 is 0. The lowest BCUT2D eigenvalue weighted by Crippen LogP contribution is -2.39. The topological polar surface area (TPSA) is 20.2 Å². The first kappa shape index (κ1) is 9.44. The second-order valence-electron chi connectivity index (χ2n) is 12.1. The predicted molar refractivity (Wildman–Crippen MR) is 75.8 cm³/mol. The molecule has 20 atom stereocenters. The van der Waals surface area contributed by atoms with Crippen LogP contribution in [0.4, 0.5) is 0 Å². The van der Waals surface area contributed by atoms with E-state index in [0.717, 1.165) is 53.3 Å². The highest BCUT2D eigenvalue weighted by Crippen LogP contribution is 3.04. The van der Waals surface area contributed by atoms with Gasteiger partial charge in [0.25, 0.3) is 0 Å². The van der Waals surface area contributed by atoms with E-state index in [0.29, 0.717) is 12.0 Å². The van der Waals surface area contributed by atoms with Gasteiger partial charge in [0.15, 0.2) is 0 Å². The average Bonchev–Trinajstić information content (AvgIpc) is 3.18. The average molecular weight is 290 g/mol. The third-order valence-electron chi connectivity index (χ3n) is 14.0. The van der Waals surface area contributed by atoms with Crippen molar-refractivity contribution < 1.29 is 5.11 Å². The maximum atomic E-state index is 10.8. The molecule has 12 aliphatic rings. The summed E-state index contributed by atoms with van der Waals surface area (Å²) in [6.07, 6.45) is 0. The SMILES string of the molecule is OCC12C3[C@@H]4[C@@H]5C6C7C8[C@@H]9[C@@H]6[C@@H]4C1[C@H]9[C@@H]1C2[C@H]2[C@@H](C7[C@@H]5[C@@H]32)[C@H]81. The Balaban J connectivity index is 1.46. The van der Waals surface area contributed by atoms with Crippen molar-refractivity contribution in [2.45, 2.75) is 0 Å². The van der Waals surface area contributed by atoms with Gasteiger partial charge in [0, 0.05) is 12.0 Å². The van der Waals surface area contributed by atoms with Crippen LogP contribution in [0.2, 0.25) is 0 Å². The van der Waals surface area contributed by atoms with Crippen LogP contribution in [0.5, 0.6) is 0 Å². The first-order chi connectivity index (χ1) is 10.9. The van der Waals surface area contributed by atoms with Crippen LogP contribution < -0.4 is 0 Å². The minimum absolute atomic E-state index is 0.498. The Hall–Kier alpha value is -0.0400. The molecule has 8 unspecified atom stereocenters. The van der Waals surface area contributed by atoms with Crippen LogP contribution in [-0.2, 0) is 0 Å². The summed E-state index contributed by atoms with van der Waals surface area (Å²) in [6, 6.07) is 0. The predicted octanol–water partition coefficient (Wildman–Crippen LogP) is 1.82. The maximum absolute atomic E-state index is 10.8. The Morgan fingerprint density at radius 2 is 0.636 bits per heavy atom. The van der Waals surface area contributed by atoms with Gasteiger partial charge in [0.2, 0.25) is 0 Å². The molecular formula is C21H22O. The normalized spacial score (nSPS) is 103. The van der Waals surface area contributed by atoms with Crippen molar-refractivity contribution in [1.82, 2.24) is 0 Å². The highest BCUT2D eigenvalue weighted by Gasteiger charge is 3.01. The molecule has 12 rings (SSSR count). The largest absolute Gasteiger partial charge is 0.396 e. The molecule has 0 amide bonds. The monoisotopic (exact) mass is 290 g/mol. The zero-order valence-electron chi connectivity index (χ0n) is 12.6. The summed E-state index contributed by atoms with van der Waals surface area (Å²) < 4.78 is 0. The minimum atomic E-state index is 0.498. The van der Waals surface area contributed by atoms with E-state index in [1.54, 1.807) is 0 Å². The van der Waals surface area contributed by atoms with E-state index < -0.39 is 0 Å². The summed E-state index contributed by atoms with van der Waals surface area (Å²) in [5.74, 6) is 22.2. The third kappa shape index (κ3) is 0.431. The molecule has 0 aliphatic heterocycles. The Kier molecular flexibility index (Phi) is 0.876. The Morgan fingerprint density at radius 3 is 0.864 bits per heavy atom. The fraction of sp³-hybridized carbons (Fsp3) is 1.00. The van der Waals surface area contributed by atoms with Crippen LogP contribution in [0.25, 0.3) is 0 Å². The Labute approximate surface area is 130 Å². The number of aliphatic hydroxyl groups excluding tert-OH is 1. The smallest absolute Gasteiger partial charge is 0.0496 e. The van der Waals surface area contributed by atoms with Gasteiger partial charge in [-0.05, 0) is 112 Å². The van der Waals surface area contributed by atoms with Crippen LogP contribution in [0.3, 0.4) is 0 Å². The van der Waals surface area contributed by atoms with Gasteiger partial charge < -0.3 is 5.11 Å². The lowest BCUT2D eigenvalue weighted by atomic mass is 9.67. The van der Waals surface area contributed by atoms with E-state index in [1.165, 1.54) is 59.2 Å². The quantitative estimate of drug-likeness (QED) is 0.781. The molecule has 22 heavy (non-hydrogen) atoms. The first-order valence-electron chi connectivity index (χ1n) is 10.5. The van der Waals surface area contributed by atoms with Gasteiger partial charge in [-0.3, -0.25) is 0 Å². The second kappa shape index (κ2) is 2.04. The van der Waals surface area contributed by atoms with E-state index in [-0.39, 0.29) is 0 Å². The molecule has 1 nitrogen and oxygen atoms in total. The zero-order valence-corrected chi connectivity index (χ0v) is 12.6. The number of rotatable bonds is 1. The summed E-state index contributed by atoms with van der Waals surface area (Å²) in [6.45, 7) is 0.613. The minimum Gasteiger partial charge on any atom is -0.396 e. The summed E-state index contributed by atoms with van der Waals surface area (Å²) in [4.78, 5) is 0. The molecule has 12 saturated carbocycles. The molecule has 0 aromatic carbocycles. The molecule has 0 saturated heterocycles. The van der Waals surface area contributed by atoms with Gasteiger partial charge >= 0.3 is 0 Å². The van der Waals surface area contributed by atoms with Gasteiger partial charge in [-0.1, -0.05) is 0 Å². The highest BCUT2D eigenvalue weighted by atomic mass is 16.3. The van der Waals surface area contributed by atoms with Crippen molar-refractivity contribution in [2.24, 2.45) is 118 Å².